The number of fused-ring (bicyclic) bond motifs is 1. The number of pyridine rings is 1. The van der Waals surface area contributed by atoms with Gasteiger partial charge in [-0.1, -0.05) is 30.2 Å². The van der Waals surface area contributed by atoms with Crippen molar-refractivity contribution < 1.29 is 9.53 Å². The lowest BCUT2D eigenvalue weighted by Gasteiger charge is -2.26. The number of rotatable bonds is 9. The first-order valence-corrected chi connectivity index (χ1v) is 12.3. The van der Waals surface area contributed by atoms with Crippen LogP contribution in [0, 0.1) is 0 Å². The zero-order chi connectivity index (χ0) is 23.2. The predicted molar refractivity (Wildman–Crippen MR) is 134 cm³/mol. The van der Waals surface area contributed by atoms with Gasteiger partial charge < -0.3 is 19.5 Å². The van der Waals surface area contributed by atoms with E-state index in [4.69, 9.17) is 21.3 Å². The Morgan fingerprint density at radius 3 is 2.73 bits per heavy atom. The molecule has 0 saturated carbocycles. The first-order valence-electron chi connectivity index (χ1n) is 11.9. The summed E-state index contributed by atoms with van der Waals surface area (Å²) in [5.41, 5.74) is 3.54. The van der Waals surface area contributed by atoms with Crippen LogP contribution in [-0.4, -0.2) is 52.6 Å². The smallest absolute Gasteiger partial charge is 0.240 e. The van der Waals surface area contributed by atoms with Crippen molar-refractivity contribution in [2.24, 2.45) is 0 Å². The number of carbonyl (C=O) groups is 1. The molecule has 0 radical (unpaired) electrons. The average molecular weight is 469 g/mol. The van der Waals surface area contributed by atoms with E-state index in [2.05, 4.69) is 10.2 Å². The van der Waals surface area contributed by atoms with Crippen molar-refractivity contribution in [2.45, 2.75) is 52.1 Å². The van der Waals surface area contributed by atoms with Gasteiger partial charge in [-0.3, -0.25) is 4.79 Å². The molecular formula is C26H33ClN4O2. The fourth-order valence-corrected chi connectivity index (χ4v) is 4.61. The molecule has 7 heteroatoms. The lowest BCUT2D eigenvalue weighted by Crippen LogP contribution is -2.33. The molecule has 0 unspecified atom stereocenters. The number of ether oxygens (including phenoxy) is 1. The Kier molecular flexibility index (Phi) is 7.89. The van der Waals surface area contributed by atoms with E-state index in [0.29, 0.717) is 17.5 Å². The van der Waals surface area contributed by atoms with Crippen molar-refractivity contribution in [1.82, 2.24) is 19.8 Å². The summed E-state index contributed by atoms with van der Waals surface area (Å²) in [4.78, 5) is 19.8. The van der Waals surface area contributed by atoms with Crippen molar-refractivity contribution >= 4 is 28.5 Å². The fraction of sp³-hybridized carbons (Fsp3) is 0.462. The van der Waals surface area contributed by atoms with Gasteiger partial charge in [-0.15, -0.1) is 0 Å². The monoisotopic (exact) mass is 468 g/mol. The molecule has 1 N–H and O–H groups in total. The Morgan fingerprint density at radius 2 is 1.97 bits per heavy atom. The molecule has 1 saturated heterocycles. The number of nitrogens with one attached hydrogen (secondary N) is 1. The summed E-state index contributed by atoms with van der Waals surface area (Å²) in [6, 6.07) is 13.6. The highest BCUT2D eigenvalue weighted by Gasteiger charge is 2.16. The lowest BCUT2D eigenvalue weighted by atomic mass is 10.1. The molecule has 3 heterocycles. The lowest BCUT2D eigenvalue weighted by molar-refractivity contribution is -0.122. The number of aromatic nitrogens is 2. The number of benzene rings is 1. The van der Waals surface area contributed by atoms with Crippen molar-refractivity contribution in [2.75, 3.05) is 26.2 Å². The quantitative estimate of drug-likeness (QED) is 0.442. The molecule has 0 spiro atoms. The molecule has 1 aliphatic heterocycles. The van der Waals surface area contributed by atoms with E-state index in [9.17, 15) is 4.79 Å². The number of nitrogens with zero attached hydrogens (tertiary/aromatic N) is 3. The maximum Gasteiger partial charge on any atom is 0.240 e. The van der Waals surface area contributed by atoms with Crippen LogP contribution in [0.4, 0.5) is 0 Å². The molecule has 1 fully saturated rings. The second kappa shape index (κ2) is 11.0. The molecule has 0 atom stereocenters. The van der Waals surface area contributed by atoms with Crippen LogP contribution < -0.4 is 10.1 Å². The molecule has 2 aromatic heterocycles. The number of amides is 1. The molecular weight excluding hydrogens is 436 g/mol. The Hall–Kier alpha value is -2.57. The molecule has 0 bridgehead atoms. The van der Waals surface area contributed by atoms with Gasteiger partial charge in [-0.25, -0.2) is 4.98 Å². The van der Waals surface area contributed by atoms with Gasteiger partial charge in [0.25, 0.3) is 0 Å². The third-order valence-electron chi connectivity index (χ3n) is 5.92. The normalized spacial score (nSPS) is 14.7. The standard InChI is InChI=1S/C26H33ClN4O2/c1-19(2)28-25(32)18-31-23-10-11-26(33-15-7-14-30-12-4-3-5-13-30)29-22(23)17-24(31)20-8-6-9-21(27)16-20/h6,8-11,16-17,19H,3-5,7,12-15,18H2,1-2H3,(H,28,32). The van der Waals surface area contributed by atoms with E-state index in [0.717, 1.165) is 35.3 Å². The Balaban J connectivity index is 1.52. The Morgan fingerprint density at radius 1 is 1.15 bits per heavy atom. The number of hydrogen-bond donors (Lipinski definition) is 1. The highest BCUT2D eigenvalue weighted by molar-refractivity contribution is 6.30. The largest absolute Gasteiger partial charge is 0.478 e. The number of hydrogen-bond acceptors (Lipinski definition) is 4. The van der Waals surface area contributed by atoms with Crippen LogP contribution in [0.2, 0.25) is 5.02 Å². The van der Waals surface area contributed by atoms with Crippen molar-refractivity contribution in [1.29, 1.82) is 0 Å². The minimum atomic E-state index is -0.0381. The van der Waals surface area contributed by atoms with Crippen molar-refractivity contribution in [3.05, 3.63) is 47.5 Å². The summed E-state index contributed by atoms with van der Waals surface area (Å²) in [6.07, 6.45) is 4.96. The summed E-state index contributed by atoms with van der Waals surface area (Å²) < 4.78 is 7.96. The van der Waals surface area contributed by atoms with Gasteiger partial charge in [-0.05, 0) is 76.0 Å². The van der Waals surface area contributed by atoms with Gasteiger partial charge in [-0.2, -0.15) is 0 Å². The van der Waals surface area contributed by atoms with Crippen molar-refractivity contribution in [3.63, 3.8) is 0 Å². The van der Waals surface area contributed by atoms with Crippen LogP contribution in [0.15, 0.2) is 42.5 Å². The second-order valence-corrected chi connectivity index (χ2v) is 9.44. The number of carbonyl (C=O) groups excluding carboxylic acids is 1. The molecule has 1 aliphatic rings. The summed E-state index contributed by atoms with van der Waals surface area (Å²) in [5, 5.41) is 3.63. The molecule has 4 rings (SSSR count). The fourth-order valence-electron chi connectivity index (χ4n) is 4.42. The molecule has 1 amide bonds. The van der Waals surface area contributed by atoms with Crippen LogP contribution >= 0.6 is 11.6 Å². The van der Waals surface area contributed by atoms with Gasteiger partial charge >= 0.3 is 0 Å². The highest BCUT2D eigenvalue weighted by atomic mass is 35.5. The second-order valence-electron chi connectivity index (χ2n) is 9.01. The Bertz CT molecular complexity index is 1090. The SMILES string of the molecule is CC(C)NC(=O)Cn1c(-c2cccc(Cl)c2)cc2nc(OCCCN3CCCCC3)ccc21. The topological polar surface area (TPSA) is 59.4 Å². The Labute approximate surface area is 200 Å². The van der Waals surface area contributed by atoms with E-state index >= 15 is 0 Å². The number of piperidine rings is 1. The molecule has 1 aromatic carbocycles. The molecule has 0 aliphatic carbocycles. The minimum absolute atomic E-state index is 0.0381. The number of halogens is 1. The maximum absolute atomic E-state index is 12.6. The van der Waals surface area contributed by atoms with Crippen LogP contribution in [0.25, 0.3) is 22.3 Å². The first kappa shape index (κ1) is 23.6. The summed E-state index contributed by atoms with van der Waals surface area (Å²) in [7, 11) is 0. The minimum Gasteiger partial charge on any atom is -0.478 e. The van der Waals surface area contributed by atoms with E-state index < -0.39 is 0 Å². The van der Waals surface area contributed by atoms with Gasteiger partial charge in [0.05, 0.1) is 23.3 Å². The van der Waals surface area contributed by atoms with Crippen LogP contribution in [0.5, 0.6) is 5.88 Å². The first-order chi connectivity index (χ1) is 16.0. The summed E-state index contributed by atoms with van der Waals surface area (Å²) in [5.74, 6) is 0.575. The predicted octanol–water partition coefficient (Wildman–Crippen LogP) is 5.14. The summed E-state index contributed by atoms with van der Waals surface area (Å²) >= 11 is 6.25. The zero-order valence-electron chi connectivity index (χ0n) is 19.5. The van der Waals surface area contributed by atoms with Crippen molar-refractivity contribution in [3.8, 4) is 17.1 Å². The van der Waals surface area contributed by atoms with Crippen LogP contribution in [0.1, 0.15) is 39.5 Å². The van der Waals surface area contributed by atoms with Crippen LogP contribution in [0.3, 0.4) is 0 Å². The molecule has 3 aromatic rings. The van der Waals surface area contributed by atoms with E-state index in [-0.39, 0.29) is 18.5 Å². The van der Waals surface area contributed by atoms with E-state index in [1.807, 2.05) is 60.9 Å². The van der Waals surface area contributed by atoms with E-state index in [1.165, 1.54) is 32.4 Å². The molecule has 33 heavy (non-hydrogen) atoms. The average Bonchev–Trinajstić information content (AvgIpc) is 3.14. The molecule has 176 valence electrons. The van der Waals surface area contributed by atoms with Gasteiger partial charge in [0.2, 0.25) is 11.8 Å². The van der Waals surface area contributed by atoms with Crippen LogP contribution in [-0.2, 0) is 11.3 Å². The molecule has 6 nitrogen and oxygen atoms in total. The third kappa shape index (κ3) is 6.27. The zero-order valence-corrected chi connectivity index (χ0v) is 20.3. The highest BCUT2D eigenvalue weighted by Crippen LogP contribution is 2.30. The number of likely N-dealkylation sites (tertiary alicyclic amines) is 1. The third-order valence-corrected chi connectivity index (χ3v) is 6.16. The maximum atomic E-state index is 12.6. The summed E-state index contributed by atoms with van der Waals surface area (Å²) in [6.45, 7) is 8.25. The van der Waals surface area contributed by atoms with E-state index in [1.54, 1.807) is 0 Å². The van der Waals surface area contributed by atoms with Gasteiger partial charge in [0, 0.05) is 23.7 Å². The van der Waals surface area contributed by atoms with Gasteiger partial charge in [0.15, 0.2) is 0 Å². The van der Waals surface area contributed by atoms with Gasteiger partial charge in [0.1, 0.15) is 6.54 Å².